The van der Waals surface area contributed by atoms with Crippen LogP contribution in [0.3, 0.4) is 0 Å². The third-order valence-corrected chi connectivity index (χ3v) is 2.79. The largest absolute Gasteiger partial charge is 0.192 e. The van der Waals surface area contributed by atoms with E-state index < -0.39 is 0 Å². The molecular weight excluding hydrogens is 194 g/mol. The molecule has 0 fully saturated rings. The number of thioether (sulfide) groups is 1. The molecule has 1 aromatic rings. The Bertz CT molecular complexity index is 368. The Kier molecular flexibility index (Phi) is 3.90. The van der Waals surface area contributed by atoms with Crippen molar-refractivity contribution in [2.75, 3.05) is 6.26 Å². The molecule has 0 aliphatic rings. The second kappa shape index (κ2) is 4.97. The Morgan fingerprint density at radius 2 is 2.00 bits per heavy atom. The van der Waals surface area contributed by atoms with Crippen molar-refractivity contribution >= 4 is 11.8 Å². The van der Waals surface area contributed by atoms with Crippen molar-refractivity contribution in [3.05, 3.63) is 16.8 Å². The summed E-state index contributed by atoms with van der Waals surface area (Å²) in [6.45, 7) is 4.07. The summed E-state index contributed by atoms with van der Waals surface area (Å²) in [4.78, 5) is 0. The quantitative estimate of drug-likeness (QED) is 0.713. The highest BCUT2D eigenvalue weighted by molar-refractivity contribution is 7.98. The Hall–Kier alpha value is -1.08. The molecule has 0 unspecified atom stereocenters. The minimum atomic E-state index is 0.701. The van der Waals surface area contributed by atoms with Crippen LogP contribution in [0.4, 0.5) is 0 Å². The van der Waals surface area contributed by atoms with E-state index in [0.29, 0.717) is 5.56 Å². The first-order valence-corrected chi connectivity index (χ1v) is 5.83. The van der Waals surface area contributed by atoms with Gasteiger partial charge >= 0.3 is 0 Å². The molecule has 0 atom stereocenters. The molecule has 0 N–H and O–H groups in total. The normalized spacial score (nSPS) is 9.86. The molecule has 14 heavy (non-hydrogen) atoms. The van der Waals surface area contributed by atoms with Gasteiger partial charge in [-0.1, -0.05) is 13.8 Å². The Labute approximate surface area is 88.5 Å². The highest BCUT2D eigenvalue weighted by atomic mass is 32.2. The van der Waals surface area contributed by atoms with Gasteiger partial charge in [0.2, 0.25) is 0 Å². The van der Waals surface area contributed by atoms with Gasteiger partial charge in [-0.3, -0.25) is 0 Å². The molecule has 0 radical (unpaired) electrons. The molecule has 3 nitrogen and oxygen atoms in total. The summed E-state index contributed by atoms with van der Waals surface area (Å²) in [6, 6.07) is 2.22. The van der Waals surface area contributed by atoms with Crippen molar-refractivity contribution in [1.29, 1.82) is 5.26 Å². The van der Waals surface area contributed by atoms with E-state index in [2.05, 4.69) is 16.3 Å². The minimum absolute atomic E-state index is 0.701. The second-order valence-electron chi connectivity index (χ2n) is 2.83. The fourth-order valence-electron chi connectivity index (χ4n) is 1.41. The molecule has 1 rings (SSSR count). The number of nitrogens with zero attached hydrogens (tertiary/aromatic N) is 3. The van der Waals surface area contributed by atoms with Crippen molar-refractivity contribution in [3.8, 4) is 6.07 Å². The maximum absolute atomic E-state index is 9.05. The molecule has 1 aromatic heterocycles. The molecule has 0 aliphatic carbocycles. The number of rotatable bonds is 3. The first kappa shape index (κ1) is 11.0. The van der Waals surface area contributed by atoms with Crippen LogP contribution >= 0.6 is 11.8 Å². The molecule has 4 heteroatoms. The van der Waals surface area contributed by atoms with E-state index in [1.807, 2.05) is 20.1 Å². The predicted octanol–water partition coefficient (Wildman–Crippen LogP) is 2.19. The topological polar surface area (TPSA) is 49.6 Å². The first-order chi connectivity index (χ1) is 6.78. The highest BCUT2D eigenvalue weighted by Gasteiger charge is 2.12. The molecule has 0 aliphatic heterocycles. The van der Waals surface area contributed by atoms with Crippen LogP contribution in [0.2, 0.25) is 0 Å². The Morgan fingerprint density at radius 1 is 1.29 bits per heavy atom. The fraction of sp³-hybridized carbons (Fsp3) is 0.500. The maximum Gasteiger partial charge on any atom is 0.137 e. The number of aromatic nitrogens is 2. The summed E-state index contributed by atoms with van der Waals surface area (Å²) >= 11 is 1.47. The molecule has 0 bridgehead atoms. The third kappa shape index (κ3) is 1.88. The van der Waals surface area contributed by atoms with Crippen LogP contribution in [-0.4, -0.2) is 16.5 Å². The average molecular weight is 207 g/mol. The lowest BCUT2D eigenvalue weighted by molar-refractivity contribution is 0.818. The van der Waals surface area contributed by atoms with Crippen LogP contribution in [0.15, 0.2) is 5.03 Å². The van der Waals surface area contributed by atoms with Crippen LogP contribution in [0.1, 0.15) is 30.7 Å². The predicted molar refractivity (Wildman–Crippen MR) is 57.3 cm³/mol. The summed E-state index contributed by atoms with van der Waals surface area (Å²) in [5.74, 6) is 0. The highest BCUT2D eigenvalue weighted by Crippen LogP contribution is 2.22. The van der Waals surface area contributed by atoms with Gasteiger partial charge in [-0.25, -0.2) is 0 Å². The van der Waals surface area contributed by atoms with E-state index in [0.717, 1.165) is 29.1 Å². The van der Waals surface area contributed by atoms with Gasteiger partial charge < -0.3 is 0 Å². The van der Waals surface area contributed by atoms with Gasteiger partial charge in [0.25, 0.3) is 0 Å². The molecule has 1 heterocycles. The van der Waals surface area contributed by atoms with Crippen molar-refractivity contribution in [1.82, 2.24) is 10.2 Å². The zero-order valence-corrected chi connectivity index (χ0v) is 9.48. The number of aryl methyl sites for hydroxylation is 1. The summed E-state index contributed by atoms with van der Waals surface area (Å²) in [6.07, 6.45) is 3.59. The first-order valence-electron chi connectivity index (χ1n) is 4.60. The van der Waals surface area contributed by atoms with Crippen molar-refractivity contribution in [2.45, 2.75) is 31.7 Å². The van der Waals surface area contributed by atoms with Gasteiger partial charge in [0.1, 0.15) is 11.1 Å². The zero-order valence-electron chi connectivity index (χ0n) is 8.66. The van der Waals surface area contributed by atoms with Gasteiger partial charge in [0.15, 0.2) is 0 Å². The smallest absolute Gasteiger partial charge is 0.137 e. The van der Waals surface area contributed by atoms with Gasteiger partial charge in [-0.15, -0.1) is 16.9 Å². The maximum atomic E-state index is 9.05. The molecule has 0 saturated heterocycles. The van der Waals surface area contributed by atoms with Gasteiger partial charge in [-0.2, -0.15) is 10.4 Å². The third-order valence-electron chi connectivity index (χ3n) is 2.12. The molecule has 74 valence electrons. The number of nitriles is 1. The number of hydrogen-bond donors (Lipinski definition) is 0. The lowest BCUT2D eigenvalue weighted by Gasteiger charge is -2.07. The van der Waals surface area contributed by atoms with E-state index in [1.165, 1.54) is 11.8 Å². The van der Waals surface area contributed by atoms with Crippen molar-refractivity contribution in [2.24, 2.45) is 0 Å². The standard InChI is InChI=1S/C10H13N3S/c1-4-7-8(6-11)10(14-3)13-12-9(7)5-2/h4-5H2,1-3H3. The Balaban J connectivity index is 3.38. The van der Waals surface area contributed by atoms with E-state index in [4.69, 9.17) is 5.26 Å². The van der Waals surface area contributed by atoms with Crippen LogP contribution in [0, 0.1) is 11.3 Å². The van der Waals surface area contributed by atoms with Crippen molar-refractivity contribution < 1.29 is 0 Å². The van der Waals surface area contributed by atoms with Gasteiger partial charge in [0.05, 0.1) is 11.3 Å². The summed E-state index contributed by atoms with van der Waals surface area (Å²) < 4.78 is 0. The lowest BCUT2D eigenvalue weighted by Crippen LogP contribution is -2.04. The van der Waals surface area contributed by atoms with E-state index in [-0.39, 0.29) is 0 Å². The van der Waals surface area contributed by atoms with Gasteiger partial charge in [-0.05, 0) is 24.7 Å². The Morgan fingerprint density at radius 3 is 2.43 bits per heavy atom. The molecule has 0 saturated carbocycles. The summed E-state index contributed by atoms with van der Waals surface area (Å²) in [7, 11) is 0. The van der Waals surface area contributed by atoms with Crippen LogP contribution in [0.25, 0.3) is 0 Å². The van der Waals surface area contributed by atoms with Gasteiger partial charge in [0, 0.05) is 0 Å². The zero-order chi connectivity index (χ0) is 10.6. The van der Waals surface area contributed by atoms with Crippen molar-refractivity contribution in [3.63, 3.8) is 0 Å². The molecule has 0 amide bonds. The summed E-state index contributed by atoms with van der Waals surface area (Å²) in [5, 5.41) is 18.0. The van der Waals surface area contributed by atoms with Crippen LogP contribution in [0.5, 0.6) is 0 Å². The monoisotopic (exact) mass is 207 g/mol. The van der Waals surface area contributed by atoms with Crippen LogP contribution < -0.4 is 0 Å². The van der Waals surface area contributed by atoms with E-state index >= 15 is 0 Å². The SMILES string of the molecule is CCc1nnc(SC)c(C#N)c1CC. The molecular formula is C10H13N3S. The second-order valence-corrected chi connectivity index (χ2v) is 3.62. The molecule has 0 aromatic carbocycles. The van der Waals surface area contributed by atoms with E-state index in [1.54, 1.807) is 0 Å². The molecule has 0 spiro atoms. The fourth-order valence-corrected chi connectivity index (χ4v) is 1.91. The van der Waals surface area contributed by atoms with Crippen LogP contribution in [-0.2, 0) is 12.8 Å². The summed E-state index contributed by atoms with van der Waals surface area (Å²) in [5.41, 5.74) is 2.70. The van der Waals surface area contributed by atoms with E-state index in [9.17, 15) is 0 Å². The number of hydrogen-bond acceptors (Lipinski definition) is 4. The lowest BCUT2D eigenvalue weighted by atomic mass is 10.1. The minimum Gasteiger partial charge on any atom is -0.192 e. The average Bonchev–Trinajstić information content (AvgIpc) is 2.26.